The Balaban J connectivity index is 2.51. The van der Waals surface area contributed by atoms with E-state index < -0.39 is 21.7 Å². The fourth-order valence-electron chi connectivity index (χ4n) is 1.74. The fourth-order valence-corrected chi connectivity index (χ4v) is 3.67. The van der Waals surface area contributed by atoms with Gasteiger partial charge in [-0.15, -0.1) is 0 Å². The van der Waals surface area contributed by atoms with Crippen LogP contribution in [0.15, 0.2) is 39.7 Å². The monoisotopic (exact) mass is 376 g/mol. The van der Waals surface area contributed by atoms with E-state index in [2.05, 4.69) is 20.7 Å². The molecule has 2 aromatic rings. The van der Waals surface area contributed by atoms with Gasteiger partial charge >= 0.3 is 0 Å². The van der Waals surface area contributed by atoms with Gasteiger partial charge in [0, 0.05) is 4.47 Å². The average Bonchev–Trinajstić information content (AvgIpc) is 2.38. The molecule has 0 aliphatic rings. The number of para-hydroxylation sites is 1. The Morgan fingerprint density at radius 2 is 1.86 bits per heavy atom. The minimum absolute atomic E-state index is 0.168. The molecule has 0 bridgehead atoms. The minimum Gasteiger partial charge on any atom is -0.396 e. The molecule has 0 spiro atoms. The highest BCUT2D eigenvalue weighted by molar-refractivity contribution is 9.10. The van der Waals surface area contributed by atoms with Crippen molar-refractivity contribution in [2.75, 3.05) is 10.5 Å². The van der Waals surface area contributed by atoms with E-state index in [1.54, 1.807) is 0 Å². The summed E-state index contributed by atoms with van der Waals surface area (Å²) in [5.74, 6) is -1.45. The first-order chi connectivity index (χ1) is 9.72. The van der Waals surface area contributed by atoms with Crippen molar-refractivity contribution in [3.8, 4) is 0 Å². The standard InChI is InChI=1S/C13H11BrF2N2O2S/c1-7-5-10(16)11(17)6-12(7)21(19,20)18-13-8(14)3-2-4-9(13)15/h2-6,18H,17H2,1H3. The average molecular weight is 377 g/mol. The number of rotatable bonds is 3. The highest BCUT2D eigenvalue weighted by atomic mass is 79.9. The summed E-state index contributed by atoms with van der Waals surface area (Å²) in [6.45, 7) is 1.42. The van der Waals surface area contributed by atoms with Crippen LogP contribution in [0.2, 0.25) is 0 Å². The lowest BCUT2D eigenvalue weighted by Gasteiger charge is -2.13. The maximum Gasteiger partial charge on any atom is 0.262 e. The van der Waals surface area contributed by atoms with Gasteiger partial charge in [0.2, 0.25) is 0 Å². The lowest BCUT2D eigenvalue weighted by Crippen LogP contribution is -2.16. The van der Waals surface area contributed by atoms with Crippen LogP contribution in [0.25, 0.3) is 0 Å². The molecule has 0 radical (unpaired) electrons. The molecule has 0 aromatic heterocycles. The molecule has 21 heavy (non-hydrogen) atoms. The molecule has 0 aliphatic carbocycles. The van der Waals surface area contributed by atoms with Crippen LogP contribution in [0.5, 0.6) is 0 Å². The first kappa shape index (κ1) is 15.7. The van der Waals surface area contributed by atoms with E-state index in [4.69, 9.17) is 5.73 Å². The molecule has 0 saturated carbocycles. The van der Waals surface area contributed by atoms with Gasteiger partial charge in [0.25, 0.3) is 10.0 Å². The SMILES string of the molecule is Cc1cc(F)c(N)cc1S(=O)(=O)Nc1c(F)cccc1Br. The Kier molecular flexibility index (Phi) is 4.20. The van der Waals surface area contributed by atoms with Crippen LogP contribution in [-0.2, 0) is 10.0 Å². The number of hydrogen-bond donors (Lipinski definition) is 2. The Bertz CT molecular complexity index is 790. The number of nitrogens with two attached hydrogens (primary N) is 1. The zero-order chi connectivity index (χ0) is 15.8. The van der Waals surface area contributed by atoms with Crippen molar-refractivity contribution < 1.29 is 17.2 Å². The molecule has 2 aromatic carbocycles. The summed E-state index contributed by atoms with van der Waals surface area (Å²) in [6.07, 6.45) is 0. The second-order valence-electron chi connectivity index (χ2n) is 4.34. The summed E-state index contributed by atoms with van der Waals surface area (Å²) in [4.78, 5) is -0.212. The zero-order valence-corrected chi connectivity index (χ0v) is 13.2. The number of anilines is 2. The minimum atomic E-state index is -4.09. The third-order valence-corrected chi connectivity index (χ3v) is 4.94. The lowest BCUT2D eigenvalue weighted by atomic mass is 10.2. The van der Waals surface area contributed by atoms with E-state index >= 15 is 0 Å². The lowest BCUT2D eigenvalue weighted by molar-refractivity contribution is 0.596. The predicted octanol–water partition coefficient (Wildman–Crippen LogP) is 3.42. The van der Waals surface area contributed by atoms with Gasteiger partial charge < -0.3 is 5.73 Å². The van der Waals surface area contributed by atoms with Crippen molar-refractivity contribution in [2.24, 2.45) is 0 Å². The van der Waals surface area contributed by atoms with Crippen molar-refractivity contribution >= 4 is 37.3 Å². The number of sulfonamides is 1. The van der Waals surface area contributed by atoms with Gasteiger partial charge in [0.1, 0.15) is 11.6 Å². The summed E-state index contributed by atoms with van der Waals surface area (Å²) >= 11 is 3.07. The summed E-state index contributed by atoms with van der Waals surface area (Å²) in [7, 11) is -4.09. The zero-order valence-electron chi connectivity index (χ0n) is 10.8. The van der Waals surface area contributed by atoms with Gasteiger partial charge in [-0.2, -0.15) is 0 Å². The molecule has 0 amide bonds. The molecule has 2 rings (SSSR count). The Morgan fingerprint density at radius 3 is 2.48 bits per heavy atom. The third-order valence-electron chi connectivity index (χ3n) is 2.78. The second kappa shape index (κ2) is 5.61. The molecule has 0 atom stereocenters. The van der Waals surface area contributed by atoms with Gasteiger partial charge in [-0.1, -0.05) is 6.07 Å². The second-order valence-corrected chi connectivity index (χ2v) is 6.85. The molecule has 0 heterocycles. The normalized spacial score (nSPS) is 11.4. The molecule has 0 saturated heterocycles. The van der Waals surface area contributed by atoms with Crippen LogP contribution < -0.4 is 10.5 Å². The van der Waals surface area contributed by atoms with Crippen molar-refractivity contribution in [3.05, 3.63) is 52.0 Å². The van der Waals surface area contributed by atoms with E-state index in [1.165, 1.54) is 19.1 Å². The van der Waals surface area contributed by atoms with E-state index in [0.717, 1.165) is 18.2 Å². The van der Waals surface area contributed by atoms with Gasteiger partial charge in [-0.3, -0.25) is 4.72 Å². The number of hydrogen-bond acceptors (Lipinski definition) is 3. The molecule has 0 aliphatic heterocycles. The first-order valence-electron chi connectivity index (χ1n) is 5.75. The van der Waals surface area contributed by atoms with Crippen LogP contribution in [0.3, 0.4) is 0 Å². The summed E-state index contributed by atoms with van der Waals surface area (Å²) in [5, 5.41) is 0. The van der Waals surface area contributed by atoms with E-state index in [-0.39, 0.29) is 26.3 Å². The maximum absolute atomic E-state index is 13.7. The number of nitrogen functional groups attached to an aromatic ring is 1. The van der Waals surface area contributed by atoms with Crippen LogP contribution >= 0.6 is 15.9 Å². The van der Waals surface area contributed by atoms with Crippen molar-refractivity contribution in [2.45, 2.75) is 11.8 Å². The van der Waals surface area contributed by atoms with Gasteiger partial charge in [0.05, 0.1) is 16.3 Å². The summed E-state index contributed by atoms with van der Waals surface area (Å²) in [5.41, 5.74) is 5.04. The van der Waals surface area contributed by atoms with Crippen LogP contribution in [-0.4, -0.2) is 8.42 Å². The number of nitrogens with one attached hydrogen (secondary N) is 1. The quantitative estimate of drug-likeness (QED) is 0.806. The Morgan fingerprint density at radius 1 is 1.19 bits per heavy atom. The van der Waals surface area contributed by atoms with Gasteiger partial charge in [0.15, 0.2) is 0 Å². The number of halogens is 3. The van der Waals surface area contributed by atoms with Crippen LogP contribution in [0.1, 0.15) is 5.56 Å². The third kappa shape index (κ3) is 3.16. The maximum atomic E-state index is 13.7. The molecule has 0 fully saturated rings. The molecule has 4 nitrogen and oxygen atoms in total. The summed E-state index contributed by atoms with van der Waals surface area (Å²) in [6, 6.07) is 6.06. The number of benzene rings is 2. The van der Waals surface area contributed by atoms with Crippen LogP contribution in [0, 0.1) is 18.6 Å². The highest BCUT2D eigenvalue weighted by Crippen LogP contribution is 2.29. The topological polar surface area (TPSA) is 72.2 Å². The molecule has 112 valence electrons. The molecular formula is C13H11BrF2N2O2S. The van der Waals surface area contributed by atoms with Crippen molar-refractivity contribution in [1.82, 2.24) is 0 Å². The Hall–Kier alpha value is -1.67. The van der Waals surface area contributed by atoms with Gasteiger partial charge in [-0.25, -0.2) is 17.2 Å². The smallest absolute Gasteiger partial charge is 0.262 e. The fraction of sp³-hybridized carbons (Fsp3) is 0.0769. The van der Waals surface area contributed by atoms with Crippen molar-refractivity contribution in [1.29, 1.82) is 0 Å². The molecule has 0 unspecified atom stereocenters. The Labute approximate surface area is 129 Å². The largest absolute Gasteiger partial charge is 0.396 e. The predicted molar refractivity (Wildman–Crippen MR) is 80.5 cm³/mol. The van der Waals surface area contributed by atoms with Crippen molar-refractivity contribution in [3.63, 3.8) is 0 Å². The molecular weight excluding hydrogens is 366 g/mol. The molecule has 8 heteroatoms. The van der Waals surface area contributed by atoms with Crippen LogP contribution in [0.4, 0.5) is 20.2 Å². The summed E-state index contributed by atoms with van der Waals surface area (Å²) < 4.78 is 54.0. The highest BCUT2D eigenvalue weighted by Gasteiger charge is 2.21. The molecule has 3 N–H and O–H groups in total. The van der Waals surface area contributed by atoms with E-state index in [9.17, 15) is 17.2 Å². The number of aryl methyl sites for hydroxylation is 1. The van der Waals surface area contributed by atoms with Gasteiger partial charge in [-0.05, 0) is 52.7 Å². The first-order valence-corrected chi connectivity index (χ1v) is 8.02. The van der Waals surface area contributed by atoms with E-state index in [1.807, 2.05) is 0 Å². The van der Waals surface area contributed by atoms with E-state index in [0.29, 0.717) is 0 Å².